The predicted molar refractivity (Wildman–Crippen MR) is 84.3 cm³/mol. The van der Waals surface area contributed by atoms with E-state index in [4.69, 9.17) is 0 Å². The van der Waals surface area contributed by atoms with Gasteiger partial charge in [0, 0.05) is 35.3 Å². The van der Waals surface area contributed by atoms with Crippen molar-refractivity contribution in [3.63, 3.8) is 0 Å². The Bertz CT molecular complexity index is 379. The molecule has 1 N–H and O–H groups in total. The van der Waals surface area contributed by atoms with E-state index in [0.717, 1.165) is 19.6 Å². The van der Waals surface area contributed by atoms with E-state index in [1.54, 1.807) is 0 Å². The molecule has 1 rings (SSSR count). The van der Waals surface area contributed by atoms with Crippen LogP contribution in [0.5, 0.6) is 0 Å². The maximum atomic E-state index is 3.67. The molecule has 0 saturated heterocycles. The minimum absolute atomic E-state index is 0.150. The van der Waals surface area contributed by atoms with Gasteiger partial charge in [-0.15, -0.1) is 0 Å². The summed E-state index contributed by atoms with van der Waals surface area (Å²) in [6, 6.07) is 6.63. The van der Waals surface area contributed by atoms with Gasteiger partial charge in [-0.3, -0.25) is 0 Å². The van der Waals surface area contributed by atoms with Crippen LogP contribution in [-0.4, -0.2) is 18.6 Å². The fraction of sp³-hybridized carbons (Fsp3) is 0.600. The second-order valence-electron chi connectivity index (χ2n) is 5.55. The average Bonchev–Trinajstić information content (AvgIpc) is 2.28. The summed E-state index contributed by atoms with van der Waals surface area (Å²) >= 11 is 3.67. The summed E-state index contributed by atoms with van der Waals surface area (Å²) < 4.78 is 1.18. The number of hydrogen-bond acceptors (Lipinski definition) is 2. The summed E-state index contributed by atoms with van der Waals surface area (Å²) in [5, 5.41) is 3.51. The zero-order valence-electron chi connectivity index (χ0n) is 12.2. The Balaban J connectivity index is 2.79. The highest BCUT2D eigenvalue weighted by Crippen LogP contribution is 2.24. The lowest BCUT2D eigenvalue weighted by molar-refractivity contribution is 0.424. The van der Waals surface area contributed by atoms with Crippen molar-refractivity contribution in [3.05, 3.63) is 28.2 Å². The zero-order chi connectivity index (χ0) is 13.8. The summed E-state index contributed by atoms with van der Waals surface area (Å²) in [5.41, 5.74) is 2.74. The van der Waals surface area contributed by atoms with Crippen LogP contribution in [0.25, 0.3) is 0 Å². The Morgan fingerprint density at radius 2 is 1.78 bits per heavy atom. The molecule has 0 saturated carbocycles. The van der Waals surface area contributed by atoms with Gasteiger partial charge in [0.05, 0.1) is 0 Å². The van der Waals surface area contributed by atoms with E-state index in [1.807, 2.05) is 0 Å². The first-order valence-electron chi connectivity index (χ1n) is 6.65. The zero-order valence-corrected chi connectivity index (χ0v) is 13.8. The molecule has 0 atom stereocenters. The Morgan fingerprint density at radius 3 is 2.22 bits per heavy atom. The average molecular weight is 313 g/mol. The van der Waals surface area contributed by atoms with Gasteiger partial charge in [0.1, 0.15) is 0 Å². The SMILES string of the molecule is CCN(CC)c1ccc(CNC(C)(C)C)c(Br)c1. The third-order valence-corrected chi connectivity index (χ3v) is 3.71. The van der Waals surface area contributed by atoms with Crippen LogP contribution >= 0.6 is 15.9 Å². The number of nitrogens with zero attached hydrogens (tertiary/aromatic N) is 1. The molecule has 0 aromatic heterocycles. The third-order valence-electron chi connectivity index (χ3n) is 2.97. The van der Waals surface area contributed by atoms with Gasteiger partial charge in [0.15, 0.2) is 0 Å². The van der Waals surface area contributed by atoms with Crippen LogP contribution in [0.15, 0.2) is 22.7 Å². The number of hydrogen-bond donors (Lipinski definition) is 1. The minimum Gasteiger partial charge on any atom is -0.372 e. The molecule has 0 spiro atoms. The Morgan fingerprint density at radius 1 is 1.17 bits per heavy atom. The van der Waals surface area contributed by atoms with Gasteiger partial charge in [0.2, 0.25) is 0 Å². The van der Waals surface area contributed by atoms with Crippen molar-refractivity contribution in [1.82, 2.24) is 5.32 Å². The predicted octanol–water partition coefficient (Wildman–Crippen LogP) is 4.18. The van der Waals surface area contributed by atoms with Crippen LogP contribution in [0.2, 0.25) is 0 Å². The maximum Gasteiger partial charge on any atom is 0.0377 e. The fourth-order valence-corrected chi connectivity index (χ4v) is 2.33. The summed E-state index contributed by atoms with van der Waals surface area (Å²) in [6.07, 6.45) is 0. The van der Waals surface area contributed by atoms with Gasteiger partial charge in [-0.2, -0.15) is 0 Å². The van der Waals surface area contributed by atoms with E-state index in [1.165, 1.54) is 15.7 Å². The van der Waals surface area contributed by atoms with E-state index in [0.29, 0.717) is 0 Å². The lowest BCUT2D eigenvalue weighted by Gasteiger charge is -2.23. The highest BCUT2D eigenvalue weighted by molar-refractivity contribution is 9.10. The second-order valence-corrected chi connectivity index (χ2v) is 6.41. The van der Waals surface area contributed by atoms with E-state index >= 15 is 0 Å². The lowest BCUT2D eigenvalue weighted by Crippen LogP contribution is -2.35. The van der Waals surface area contributed by atoms with Crippen LogP contribution < -0.4 is 10.2 Å². The lowest BCUT2D eigenvalue weighted by atomic mass is 10.1. The molecule has 3 heteroatoms. The topological polar surface area (TPSA) is 15.3 Å². The molecule has 0 fully saturated rings. The summed E-state index contributed by atoms with van der Waals surface area (Å²) in [6.45, 7) is 13.9. The Labute approximate surface area is 120 Å². The van der Waals surface area contributed by atoms with Crippen molar-refractivity contribution >= 4 is 21.6 Å². The first-order valence-corrected chi connectivity index (χ1v) is 7.45. The monoisotopic (exact) mass is 312 g/mol. The van der Waals surface area contributed by atoms with Crippen LogP contribution in [0, 0.1) is 0 Å². The Hall–Kier alpha value is -0.540. The molecule has 1 aromatic rings. The first kappa shape index (κ1) is 15.5. The van der Waals surface area contributed by atoms with E-state index in [2.05, 4.69) is 79.0 Å². The molecule has 0 amide bonds. The van der Waals surface area contributed by atoms with Gasteiger partial charge >= 0.3 is 0 Å². The molecule has 102 valence electrons. The van der Waals surface area contributed by atoms with Gasteiger partial charge in [0.25, 0.3) is 0 Å². The largest absolute Gasteiger partial charge is 0.372 e. The molecular weight excluding hydrogens is 288 g/mol. The number of halogens is 1. The van der Waals surface area contributed by atoms with Crippen molar-refractivity contribution in [2.75, 3.05) is 18.0 Å². The first-order chi connectivity index (χ1) is 8.37. The molecule has 0 unspecified atom stereocenters. The van der Waals surface area contributed by atoms with Gasteiger partial charge in [-0.1, -0.05) is 22.0 Å². The highest BCUT2D eigenvalue weighted by Gasteiger charge is 2.11. The van der Waals surface area contributed by atoms with Crippen molar-refractivity contribution in [3.8, 4) is 0 Å². The van der Waals surface area contributed by atoms with Crippen molar-refractivity contribution in [1.29, 1.82) is 0 Å². The Kier molecular flexibility index (Phi) is 5.67. The minimum atomic E-state index is 0.150. The molecule has 0 aliphatic rings. The van der Waals surface area contributed by atoms with E-state index in [9.17, 15) is 0 Å². The summed E-state index contributed by atoms with van der Waals surface area (Å²) in [4.78, 5) is 2.35. The molecule has 18 heavy (non-hydrogen) atoms. The van der Waals surface area contributed by atoms with Gasteiger partial charge in [-0.05, 0) is 52.3 Å². The van der Waals surface area contributed by atoms with Crippen molar-refractivity contribution in [2.24, 2.45) is 0 Å². The summed E-state index contributed by atoms with van der Waals surface area (Å²) in [7, 11) is 0. The van der Waals surface area contributed by atoms with Gasteiger partial charge in [-0.25, -0.2) is 0 Å². The van der Waals surface area contributed by atoms with Crippen molar-refractivity contribution < 1.29 is 0 Å². The molecule has 0 bridgehead atoms. The van der Waals surface area contributed by atoms with E-state index in [-0.39, 0.29) is 5.54 Å². The van der Waals surface area contributed by atoms with Crippen molar-refractivity contribution in [2.45, 2.75) is 46.7 Å². The van der Waals surface area contributed by atoms with Crippen LogP contribution in [0.4, 0.5) is 5.69 Å². The molecule has 0 heterocycles. The quantitative estimate of drug-likeness (QED) is 0.877. The molecule has 0 radical (unpaired) electrons. The third kappa shape index (κ3) is 4.62. The molecule has 2 nitrogen and oxygen atoms in total. The second kappa shape index (κ2) is 6.58. The smallest absolute Gasteiger partial charge is 0.0377 e. The standard InChI is InChI=1S/C15H25BrN2/c1-6-18(7-2)13-9-8-12(14(16)10-13)11-17-15(3,4)5/h8-10,17H,6-7,11H2,1-5H3. The maximum absolute atomic E-state index is 3.67. The number of benzene rings is 1. The van der Waals surface area contributed by atoms with Gasteiger partial charge < -0.3 is 10.2 Å². The van der Waals surface area contributed by atoms with Crippen LogP contribution in [0.1, 0.15) is 40.2 Å². The van der Waals surface area contributed by atoms with E-state index < -0.39 is 0 Å². The summed E-state index contributed by atoms with van der Waals surface area (Å²) in [5.74, 6) is 0. The molecule has 1 aromatic carbocycles. The fourth-order valence-electron chi connectivity index (χ4n) is 1.83. The van der Waals surface area contributed by atoms with Crippen LogP contribution in [0.3, 0.4) is 0 Å². The van der Waals surface area contributed by atoms with Crippen LogP contribution in [-0.2, 0) is 6.54 Å². The molecule has 0 aliphatic carbocycles. The molecular formula is C15H25BrN2. The normalized spacial score (nSPS) is 11.7. The highest BCUT2D eigenvalue weighted by atomic mass is 79.9. The number of nitrogens with one attached hydrogen (secondary N) is 1. The number of rotatable bonds is 5. The molecule has 0 aliphatic heterocycles. The number of anilines is 1.